The van der Waals surface area contributed by atoms with Crippen LogP contribution in [0.25, 0.3) is 0 Å². The van der Waals surface area contributed by atoms with E-state index in [0.717, 1.165) is 21.3 Å². The number of anilines is 1. The molecule has 136 valence electrons. The predicted octanol–water partition coefficient (Wildman–Crippen LogP) is 4.84. The lowest BCUT2D eigenvalue weighted by Crippen LogP contribution is -2.65. The lowest BCUT2D eigenvalue weighted by molar-refractivity contribution is 0.0349. The van der Waals surface area contributed by atoms with E-state index in [2.05, 4.69) is 28.2 Å². The lowest BCUT2D eigenvalue weighted by atomic mass is 9.89. The van der Waals surface area contributed by atoms with E-state index >= 15 is 0 Å². The Morgan fingerprint density at radius 3 is 2.73 bits per heavy atom. The molecule has 5 nitrogen and oxygen atoms in total. The van der Waals surface area contributed by atoms with Crippen molar-refractivity contribution in [2.45, 2.75) is 39.0 Å². The summed E-state index contributed by atoms with van der Waals surface area (Å²) < 4.78 is 12.8. The number of fused-ring (bicyclic) bond motifs is 4. The zero-order chi connectivity index (χ0) is 18.6. The monoisotopic (exact) mass is 416 g/mol. The highest BCUT2D eigenvalue weighted by Crippen LogP contribution is 2.50. The SMILES string of the molecule is COc1cc(Br)cc2c1O[C@]1(C)CC2NC(=O)N1c1ccc(C)c(C)c1. The minimum atomic E-state index is -0.789. The van der Waals surface area contributed by atoms with Crippen molar-refractivity contribution in [1.29, 1.82) is 0 Å². The van der Waals surface area contributed by atoms with E-state index in [0.29, 0.717) is 17.9 Å². The van der Waals surface area contributed by atoms with Crippen molar-refractivity contribution in [2.75, 3.05) is 12.0 Å². The van der Waals surface area contributed by atoms with Crippen LogP contribution in [0.5, 0.6) is 11.5 Å². The topological polar surface area (TPSA) is 50.8 Å². The number of amides is 2. The van der Waals surface area contributed by atoms with Gasteiger partial charge in [-0.15, -0.1) is 0 Å². The minimum Gasteiger partial charge on any atom is -0.493 e. The molecule has 2 aromatic rings. The number of nitrogens with one attached hydrogen (secondary N) is 1. The number of carbonyl (C=O) groups is 1. The normalized spacial score (nSPS) is 23.8. The van der Waals surface area contributed by atoms with Crippen molar-refractivity contribution in [2.24, 2.45) is 0 Å². The number of benzene rings is 2. The van der Waals surface area contributed by atoms with Crippen molar-refractivity contribution >= 4 is 27.6 Å². The van der Waals surface area contributed by atoms with Gasteiger partial charge in [0, 0.05) is 22.1 Å². The van der Waals surface area contributed by atoms with Gasteiger partial charge in [0.15, 0.2) is 17.2 Å². The number of nitrogens with zero attached hydrogens (tertiary/aromatic N) is 1. The summed E-state index contributed by atoms with van der Waals surface area (Å²) in [6.07, 6.45) is 0.651. The third-order valence-corrected chi connectivity index (χ3v) is 5.73. The zero-order valence-electron chi connectivity index (χ0n) is 15.2. The Labute approximate surface area is 161 Å². The fraction of sp³-hybridized carbons (Fsp3) is 0.350. The van der Waals surface area contributed by atoms with Crippen molar-refractivity contribution in [3.63, 3.8) is 0 Å². The summed E-state index contributed by atoms with van der Waals surface area (Å²) in [5.41, 5.74) is 3.30. The fourth-order valence-corrected chi connectivity index (χ4v) is 4.26. The number of halogens is 1. The second-order valence-corrected chi connectivity index (χ2v) is 8.03. The molecule has 1 N–H and O–H groups in total. The van der Waals surface area contributed by atoms with Gasteiger partial charge in [-0.05, 0) is 56.2 Å². The first-order valence-corrected chi connectivity index (χ1v) is 9.36. The first-order chi connectivity index (χ1) is 12.3. The van der Waals surface area contributed by atoms with Crippen LogP contribution in [0.2, 0.25) is 0 Å². The van der Waals surface area contributed by atoms with Crippen LogP contribution in [0.15, 0.2) is 34.8 Å². The minimum absolute atomic E-state index is 0.120. The molecule has 2 bridgehead atoms. The molecule has 6 heteroatoms. The standard InChI is InChI=1S/C20H21BrN2O3/c1-11-5-6-14(7-12(11)2)23-19(24)22-16-10-20(23,3)26-18-15(16)8-13(21)9-17(18)25-4/h5-9,16H,10H2,1-4H3,(H,22,24)/t16?,20-/m1/s1. The van der Waals surface area contributed by atoms with Crippen LogP contribution >= 0.6 is 15.9 Å². The van der Waals surface area contributed by atoms with E-state index in [9.17, 15) is 4.79 Å². The molecular formula is C20H21BrN2O3. The molecule has 1 saturated heterocycles. The molecule has 2 aliphatic rings. The van der Waals surface area contributed by atoms with Gasteiger partial charge in [0.1, 0.15) is 0 Å². The molecule has 26 heavy (non-hydrogen) atoms. The van der Waals surface area contributed by atoms with Crippen LogP contribution in [0.4, 0.5) is 10.5 Å². The number of hydrogen-bond acceptors (Lipinski definition) is 3. The highest BCUT2D eigenvalue weighted by atomic mass is 79.9. The van der Waals surface area contributed by atoms with Crippen LogP contribution in [0.1, 0.15) is 36.1 Å². The van der Waals surface area contributed by atoms with Gasteiger partial charge in [-0.25, -0.2) is 4.79 Å². The molecule has 2 atom stereocenters. The molecule has 2 aliphatic heterocycles. The van der Waals surface area contributed by atoms with Crippen LogP contribution in [-0.2, 0) is 0 Å². The van der Waals surface area contributed by atoms with Crippen LogP contribution < -0.4 is 19.7 Å². The molecular weight excluding hydrogens is 396 g/mol. The average Bonchev–Trinajstić information content (AvgIpc) is 2.57. The molecule has 0 spiro atoms. The van der Waals surface area contributed by atoms with E-state index in [4.69, 9.17) is 9.47 Å². The summed E-state index contributed by atoms with van der Waals surface area (Å²) in [7, 11) is 1.62. The number of rotatable bonds is 2. The van der Waals surface area contributed by atoms with Gasteiger partial charge in [0.25, 0.3) is 0 Å². The Morgan fingerprint density at radius 1 is 1.27 bits per heavy atom. The van der Waals surface area contributed by atoms with Gasteiger partial charge >= 0.3 is 6.03 Å². The second kappa shape index (κ2) is 5.91. The van der Waals surface area contributed by atoms with Crippen molar-refractivity contribution in [1.82, 2.24) is 5.32 Å². The molecule has 2 aromatic carbocycles. The Kier molecular flexibility index (Phi) is 3.91. The van der Waals surface area contributed by atoms with Gasteiger partial charge in [0.05, 0.1) is 13.2 Å². The quantitative estimate of drug-likeness (QED) is 0.761. The first-order valence-electron chi connectivity index (χ1n) is 8.57. The van der Waals surface area contributed by atoms with E-state index in [1.807, 2.05) is 44.2 Å². The molecule has 4 rings (SSSR count). The molecule has 0 aliphatic carbocycles. The van der Waals surface area contributed by atoms with Gasteiger partial charge in [-0.1, -0.05) is 22.0 Å². The molecule has 0 aromatic heterocycles. The Balaban J connectivity index is 1.83. The third-order valence-electron chi connectivity index (χ3n) is 5.27. The number of hydrogen-bond donors (Lipinski definition) is 1. The van der Waals surface area contributed by atoms with Gasteiger partial charge < -0.3 is 14.8 Å². The summed E-state index contributed by atoms with van der Waals surface area (Å²) in [5, 5.41) is 3.12. The Hall–Kier alpha value is -2.21. The van der Waals surface area contributed by atoms with E-state index in [-0.39, 0.29) is 12.1 Å². The maximum atomic E-state index is 13.0. The second-order valence-electron chi connectivity index (χ2n) is 7.11. The van der Waals surface area contributed by atoms with Crippen molar-refractivity contribution < 1.29 is 14.3 Å². The Bertz CT molecular complexity index is 914. The number of ether oxygens (including phenoxy) is 2. The maximum Gasteiger partial charge on any atom is 0.325 e. The average molecular weight is 417 g/mol. The molecule has 1 unspecified atom stereocenters. The molecule has 0 radical (unpaired) electrons. The largest absolute Gasteiger partial charge is 0.493 e. The third kappa shape index (κ3) is 2.55. The predicted molar refractivity (Wildman–Crippen MR) is 104 cm³/mol. The number of carbonyl (C=O) groups excluding carboxylic acids is 1. The number of aryl methyl sites for hydroxylation is 2. The number of methoxy groups -OCH3 is 1. The molecule has 0 saturated carbocycles. The summed E-state index contributed by atoms with van der Waals surface area (Å²) in [6.45, 7) is 6.06. The number of urea groups is 1. The van der Waals surface area contributed by atoms with E-state index in [1.54, 1.807) is 12.0 Å². The fourth-order valence-electron chi connectivity index (χ4n) is 3.81. The molecule has 2 amide bonds. The molecule has 2 heterocycles. The van der Waals surface area contributed by atoms with Crippen molar-refractivity contribution in [3.8, 4) is 11.5 Å². The van der Waals surface area contributed by atoms with E-state index < -0.39 is 5.72 Å². The summed E-state index contributed by atoms with van der Waals surface area (Å²) in [6, 6.07) is 9.60. The van der Waals surface area contributed by atoms with Gasteiger partial charge in [0.2, 0.25) is 0 Å². The molecule has 1 fully saturated rings. The smallest absolute Gasteiger partial charge is 0.325 e. The summed E-state index contributed by atoms with van der Waals surface area (Å²) in [5.74, 6) is 1.34. The first kappa shape index (κ1) is 17.2. The lowest BCUT2D eigenvalue weighted by Gasteiger charge is -2.50. The van der Waals surface area contributed by atoms with Gasteiger partial charge in [-0.2, -0.15) is 0 Å². The van der Waals surface area contributed by atoms with Crippen LogP contribution in [0.3, 0.4) is 0 Å². The summed E-state index contributed by atoms with van der Waals surface area (Å²) >= 11 is 3.51. The Morgan fingerprint density at radius 2 is 2.04 bits per heavy atom. The van der Waals surface area contributed by atoms with Crippen molar-refractivity contribution in [3.05, 3.63) is 51.5 Å². The van der Waals surface area contributed by atoms with Gasteiger partial charge in [-0.3, -0.25) is 4.90 Å². The highest BCUT2D eigenvalue weighted by molar-refractivity contribution is 9.10. The van der Waals surface area contributed by atoms with E-state index in [1.165, 1.54) is 5.56 Å². The van der Waals surface area contributed by atoms with Crippen LogP contribution in [-0.4, -0.2) is 18.9 Å². The highest BCUT2D eigenvalue weighted by Gasteiger charge is 2.50. The zero-order valence-corrected chi connectivity index (χ0v) is 16.8. The maximum absolute atomic E-state index is 13.0. The summed E-state index contributed by atoms with van der Waals surface area (Å²) in [4.78, 5) is 14.7. The van der Waals surface area contributed by atoms with Crippen LogP contribution in [0, 0.1) is 13.8 Å².